The van der Waals surface area contributed by atoms with Crippen molar-refractivity contribution >= 4 is 38.1 Å². The summed E-state index contributed by atoms with van der Waals surface area (Å²) in [7, 11) is 0. The predicted molar refractivity (Wildman–Crippen MR) is 191 cm³/mol. The summed E-state index contributed by atoms with van der Waals surface area (Å²) < 4.78 is 2.39. The van der Waals surface area contributed by atoms with Gasteiger partial charge in [-0.1, -0.05) is 77.7 Å². The van der Waals surface area contributed by atoms with E-state index in [0.29, 0.717) is 0 Å². The third kappa shape index (κ3) is 5.40. The summed E-state index contributed by atoms with van der Waals surface area (Å²) in [5, 5.41) is 5.12. The number of pyridine rings is 2. The molecule has 5 aromatic carbocycles. The van der Waals surface area contributed by atoms with Crippen LogP contribution in [-0.4, -0.2) is 14.4 Å². The van der Waals surface area contributed by atoms with E-state index in [-0.39, 0.29) is 20.1 Å². The van der Waals surface area contributed by atoms with Gasteiger partial charge in [-0.15, -0.1) is 59.7 Å². The zero-order chi connectivity index (χ0) is 31.2. The molecule has 0 fully saturated rings. The van der Waals surface area contributed by atoms with Crippen molar-refractivity contribution in [2.45, 2.75) is 20.8 Å². The topological polar surface area (TPSA) is 30.2 Å². The normalized spacial score (nSPS) is 11.1. The maximum absolute atomic E-state index is 4.74. The molecule has 0 bridgehead atoms. The zero-order valence-corrected chi connectivity index (χ0v) is 28.8. The predicted octanol–water partition coefficient (Wildman–Crippen LogP) is 10.8. The van der Waals surface area contributed by atoms with Crippen molar-refractivity contribution in [1.29, 1.82) is 0 Å². The third-order valence-corrected chi connectivity index (χ3v) is 8.81. The van der Waals surface area contributed by atoms with Gasteiger partial charge in [0.1, 0.15) is 0 Å². The summed E-state index contributed by atoms with van der Waals surface area (Å²) in [6.07, 6.45) is 3.71. The molecule has 0 unspecified atom stereocenters. The fourth-order valence-corrected chi connectivity index (χ4v) is 6.96. The second-order valence-electron chi connectivity index (χ2n) is 11.9. The Kier molecular flexibility index (Phi) is 8.15. The Morgan fingerprint density at radius 2 is 1.28 bits per heavy atom. The van der Waals surface area contributed by atoms with Crippen molar-refractivity contribution in [3.63, 3.8) is 0 Å². The van der Waals surface area contributed by atoms with Gasteiger partial charge in [-0.2, -0.15) is 0 Å². The minimum atomic E-state index is 0. The van der Waals surface area contributed by atoms with E-state index in [1.54, 1.807) is 6.20 Å². The Hall–Kier alpha value is -5.15. The van der Waals surface area contributed by atoms with E-state index in [2.05, 4.69) is 121 Å². The summed E-state index contributed by atoms with van der Waals surface area (Å²) in [6.45, 7) is 6.54. The minimum Gasteiger partial charge on any atom is -0.350 e. The van der Waals surface area contributed by atoms with Crippen molar-refractivity contribution in [3.05, 3.63) is 163 Å². The molecule has 3 nitrogen and oxygen atoms in total. The van der Waals surface area contributed by atoms with Gasteiger partial charge in [-0.3, -0.25) is 0 Å². The average Bonchev–Trinajstić information content (AvgIpc) is 3.61. The molecule has 9 rings (SSSR count). The number of hydrogen-bond donors (Lipinski definition) is 0. The first-order chi connectivity index (χ1) is 22.6. The molecule has 0 saturated heterocycles. The van der Waals surface area contributed by atoms with E-state index < -0.39 is 0 Å². The van der Waals surface area contributed by atoms with Crippen LogP contribution in [0.2, 0.25) is 0 Å². The maximum atomic E-state index is 4.74. The Balaban J connectivity index is 0.000000228. The van der Waals surface area contributed by atoms with Crippen LogP contribution in [0.15, 0.2) is 134 Å². The molecule has 0 saturated carbocycles. The molecular weight excluding hydrogens is 751 g/mol. The molecule has 0 atom stereocenters. The van der Waals surface area contributed by atoms with Crippen LogP contribution in [0.25, 0.3) is 71.7 Å². The Morgan fingerprint density at radius 3 is 2.04 bits per heavy atom. The van der Waals surface area contributed by atoms with Crippen molar-refractivity contribution < 1.29 is 20.1 Å². The molecule has 229 valence electrons. The molecule has 47 heavy (non-hydrogen) atoms. The first-order valence-electron chi connectivity index (χ1n) is 15.6. The summed E-state index contributed by atoms with van der Waals surface area (Å²) >= 11 is 0. The Labute approximate surface area is 288 Å². The summed E-state index contributed by atoms with van der Waals surface area (Å²) in [5.41, 5.74) is 14.1. The standard InChI is InChI=1S/C32H23N2.C11H8N.Ir/c1-19-15-20(2)31(21(3)16-19)23-13-14-33-28(18-23)22-11-12-30-27(17-22)26-9-6-8-25-24-7-4-5-10-29(24)34(30)32(25)26;1-2-6-10(7-3-1)11-8-4-5-9-12-11;/h4-10,12-18H,1-3H3;1-6,8-9H;/q2*-1;. The number of para-hydroxylation sites is 2. The van der Waals surface area contributed by atoms with Gasteiger partial charge in [0, 0.05) is 48.8 Å². The van der Waals surface area contributed by atoms with Crippen molar-refractivity contribution in [3.8, 4) is 33.6 Å². The van der Waals surface area contributed by atoms with Crippen LogP contribution in [0.3, 0.4) is 0 Å². The molecule has 0 aliphatic carbocycles. The number of hydrogen-bond acceptors (Lipinski definition) is 2. The van der Waals surface area contributed by atoms with Gasteiger partial charge in [-0.25, -0.2) is 0 Å². The molecule has 1 radical (unpaired) electrons. The molecule has 0 spiro atoms. The van der Waals surface area contributed by atoms with Gasteiger partial charge in [-0.05, 0) is 83.5 Å². The van der Waals surface area contributed by atoms with Crippen molar-refractivity contribution in [2.75, 3.05) is 0 Å². The zero-order valence-electron chi connectivity index (χ0n) is 26.4. The van der Waals surface area contributed by atoms with Crippen LogP contribution < -0.4 is 0 Å². The number of fused-ring (bicyclic) bond motifs is 6. The molecular formula is C43H31IrN3-2. The van der Waals surface area contributed by atoms with Gasteiger partial charge in [0.25, 0.3) is 0 Å². The van der Waals surface area contributed by atoms with E-state index in [1.165, 1.54) is 65.9 Å². The van der Waals surface area contributed by atoms with E-state index in [4.69, 9.17) is 4.98 Å². The van der Waals surface area contributed by atoms with Crippen molar-refractivity contribution in [1.82, 2.24) is 14.4 Å². The van der Waals surface area contributed by atoms with Crippen LogP contribution in [0.1, 0.15) is 16.7 Å². The first-order valence-corrected chi connectivity index (χ1v) is 15.6. The number of nitrogens with zero attached hydrogens (tertiary/aromatic N) is 3. The average molecular weight is 782 g/mol. The summed E-state index contributed by atoms with van der Waals surface area (Å²) in [4.78, 5) is 8.95. The fraction of sp³-hybridized carbons (Fsp3) is 0.0698. The molecule has 0 amide bonds. The maximum Gasteiger partial charge on any atom is 0.0516 e. The van der Waals surface area contributed by atoms with Crippen LogP contribution in [0.4, 0.5) is 0 Å². The second kappa shape index (κ2) is 12.6. The monoisotopic (exact) mass is 782 g/mol. The molecule has 0 aliphatic heterocycles. The van der Waals surface area contributed by atoms with E-state index >= 15 is 0 Å². The SMILES string of the molecule is Cc1cc(C)c(-c2ccnc(-c3[c-]cc4c(c3)c3cccc5c6ccccc6n4c35)c2)c(C)c1.[Ir].[c-]1ccccc1-c1ccccn1. The largest absolute Gasteiger partial charge is 0.350 e. The van der Waals surface area contributed by atoms with Gasteiger partial charge in [0.2, 0.25) is 0 Å². The summed E-state index contributed by atoms with van der Waals surface area (Å²) in [5.74, 6) is 0. The van der Waals surface area contributed by atoms with Crippen LogP contribution >= 0.6 is 0 Å². The van der Waals surface area contributed by atoms with Gasteiger partial charge >= 0.3 is 0 Å². The molecule has 4 heteroatoms. The number of rotatable bonds is 3. The van der Waals surface area contributed by atoms with Crippen LogP contribution in [0.5, 0.6) is 0 Å². The van der Waals surface area contributed by atoms with E-state index in [1.807, 2.05) is 48.7 Å². The molecule has 4 aromatic heterocycles. The smallest absolute Gasteiger partial charge is 0.0516 e. The molecule has 4 heterocycles. The van der Waals surface area contributed by atoms with Crippen LogP contribution in [0, 0.1) is 32.9 Å². The number of aromatic nitrogens is 3. The Morgan fingerprint density at radius 1 is 0.553 bits per heavy atom. The second-order valence-corrected chi connectivity index (χ2v) is 11.9. The number of benzene rings is 5. The summed E-state index contributed by atoms with van der Waals surface area (Å²) in [6, 6.07) is 48.9. The Bertz CT molecular complexity index is 2440. The van der Waals surface area contributed by atoms with E-state index in [9.17, 15) is 0 Å². The number of aryl methyl sites for hydroxylation is 3. The van der Waals surface area contributed by atoms with Gasteiger partial charge in [0.15, 0.2) is 0 Å². The van der Waals surface area contributed by atoms with Crippen molar-refractivity contribution in [2.24, 2.45) is 0 Å². The molecule has 9 aromatic rings. The van der Waals surface area contributed by atoms with Crippen LogP contribution in [-0.2, 0) is 20.1 Å². The molecule has 0 N–H and O–H groups in total. The molecule has 0 aliphatic rings. The fourth-order valence-electron chi connectivity index (χ4n) is 6.96. The quantitative estimate of drug-likeness (QED) is 0.167. The third-order valence-electron chi connectivity index (χ3n) is 8.81. The van der Waals surface area contributed by atoms with Gasteiger partial charge < -0.3 is 14.4 Å². The first kappa shape index (κ1) is 30.5. The van der Waals surface area contributed by atoms with Gasteiger partial charge in [0.05, 0.1) is 5.52 Å². The minimum absolute atomic E-state index is 0. The van der Waals surface area contributed by atoms with E-state index in [0.717, 1.165) is 22.5 Å².